The molecule has 2 rings (SSSR count). The summed E-state index contributed by atoms with van der Waals surface area (Å²) in [6.07, 6.45) is 0. The van der Waals surface area contributed by atoms with Crippen molar-refractivity contribution in [2.24, 2.45) is 0 Å². The van der Waals surface area contributed by atoms with Gasteiger partial charge in [0.25, 0.3) is 0 Å². The van der Waals surface area contributed by atoms with Gasteiger partial charge in [0.2, 0.25) is 0 Å². The molecular weight excluding hydrogens is 244 g/mol. The van der Waals surface area contributed by atoms with E-state index in [-0.39, 0.29) is 6.04 Å². The van der Waals surface area contributed by atoms with Gasteiger partial charge in [-0.25, -0.2) is 8.78 Å². The Labute approximate surface area is 112 Å². The molecular formula is C16H17F2N. The van der Waals surface area contributed by atoms with Crippen molar-refractivity contribution in [3.63, 3.8) is 0 Å². The Hall–Kier alpha value is -1.74. The highest BCUT2D eigenvalue weighted by molar-refractivity contribution is 5.39. The van der Waals surface area contributed by atoms with E-state index >= 15 is 0 Å². The van der Waals surface area contributed by atoms with Crippen LogP contribution >= 0.6 is 0 Å². The van der Waals surface area contributed by atoms with Crippen LogP contribution in [0.4, 0.5) is 8.78 Å². The first-order chi connectivity index (χ1) is 9.04. The molecule has 19 heavy (non-hydrogen) atoms. The zero-order chi connectivity index (χ0) is 14.0. The maximum Gasteiger partial charge on any atom is 0.163 e. The van der Waals surface area contributed by atoms with Gasteiger partial charge in [-0.05, 0) is 38.1 Å². The number of hydrogen-bond donors (Lipinski definition) is 1. The van der Waals surface area contributed by atoms with Crippen LogP contribution in [-0.2, 0) is 0 Å². The van der Waals surface area contributed by atoms with Gasteiger partial charge in [0.15, 0.2) is 11.6 Å². The third-order valence-electron chi connectivity index (χ3n) is 3.33. The largest absolute Gasteiger partial charge is 0.309 e. The van der Waals surface area contributed by atoms with Crippen LogP contribution in [-0.4, -0.2) is 7.05 Å². The number of halogens is 2. The molecule has 0 aliphatic rings. The molecule has 1 atom stereocenters. The molecule has 0 fully saturated rings. The third kappa shape index (κ3) is 2.66. The van der Waals surface area contributed by atoms with E-state index in [4.69, 9.17) is 0 Å². The monoisotopic (exact) mass is 261 g/mol. The maximum atomic E-state index is 13.9. The summed E-state index contributed by atoms with van der Waals surface area (Å²) in [5.74, 6) is -1.61. The summed E-state index contributed by atoms with van der Waals surface area (Å²) in [5.41, 5.74) is 3.44. The first-order valence-corrected chi connectivity index (χ1v) is 6.23. The number of benzene rings is 2. The van der Waals surface area contributed by atoms with Crippen LogP contribution in [0.1, 0.15) is 28.3 Å². The lowest BCUT2D eigenvalue weighted by Gasteiger charge is -2.20. The summed E-state index contributed by atoms with van der Waals surface area (Å²) >= 11 is 0. The van der Waals surface area contributed by atoms with Gasteiger partial charge in [0, 0.05) is 5.56 Å². The second-order valence-electron chi connectivity index (χ2n) is 4.72. The molecule has 1 N–H and O–H groups in total. The SMILES string of the molecule is CNC(c1cc(C)ccc1C)c1cccc(F)c1F. The summed E-state index contributed by atoms with van der Waals surface area (Å²) in [6, 6.07) is 9.93. The minimum atomic E-state index is -0.817. The highest BCUT2D eigenvalue weighted by Gasteiger charge is 2.19. The smallest absolute Gasteiger partial charge is 0.163 e. The van der Waals surface area contributed by atoms with Crippen LogP contribution in [0.2, 0.25) is 0 Å². The normalized spacial score (nSPS) is 12.5. The fourth-order valence-corrected chi connectivity index (χ4v) is 2.29. The average Bonchev–Trinajstić information content (AvgIpc) is 2.39. The molecule has 0 radical (unpaired) electrons. The first kappa shape index (κ1) is 13.7. The van der Waals surface area contributed by atoms with Crippen LogP contribution in [0, 0.1) is 25.5 Å². The van der Waals surface area contributed by atoms with Crippen molar-refractivity contribution in [1.29, 1.82) is 0 Å². The van der Waals surface area contributed by atoms with E-state index < -0.39 is 11.6 Å². The van der Waals surface area contributed by atoms with Gasteiger partial charge in [0.05, 0.1) is 6.04 Å². The van der Waals surface area contributed by atoms with Crippen molar-refractivity contribution in [1.82, 2.24) is 5.32 Å². The zero-order valence-electron chi connectivity index (χ0n) is 11.3. The van der Waals surface area contributed by atoms with Crippen molar-refractivity contribution in [2.45, 2.75) is 19.9 Å². The minimum Gasteiger partial charge on any atom is -0.309 e. The fraction of sp³-hybridized carbons (Fsp3) is 0.250. The van der Waals surface area contributed by atoms with Crippen LogP contribution in [0.5, 0.6) is 0 Å². The first-order valence-electron chi connectivity index (χ1n) is 6.23. The highest BCUT2D eigenvalue weighted by Crippen LogP contribution is 2.28. The van der Waals surface area contributed by atoms with Crippen LogP contribution in [0.25, 0.3) is 0 Å². The van der Waals surface area contributed by atoms with E-state index in [9.17, 15) is 8.78 Å². The Morgan fingerprint density at radius 1 is 1.00 bits per heavy atom. The fourth-order valence-electron chi connectivity index (χ4n) is 2.29. The summed E-state index contributed by atoms with van der Waals surface area (Å²) < 4.78 is 27.3. The second-order valence-corrected chi connectivity index (χ2v) is 4.72. The number of nitrogens with one attached hydrogen (secondary N) is 1. The van der Waals surface area contributed by atoms with Crippen molar-refractivity contribution >= 4 is 0 Å². The molecule has 0 amide bonds. The molecule has 0 aromatic heterocycles. The predicted octanol–water partition coefficient (Wildman–Crippen LogP) is 3.89. The van der Waals surface area contributed by atoms with Crippen LogP contribution in [0.15, 0.2) is 36.4 Å². The zero-order valence-corrected chi connectivity index (χ0v) is 11.3. The molecule has 100 valence electrons. The molecule has 2 aromatic carbocycles. The topological polar surface area (TPSA) is 12.0 Å². The van der Waals surface area contributed by atoms with E-state index in [2.05, 4.69) is 5.32 Å². The standard InChI is InChI=1S/C16H17F2N/c1-10-7-8-11(2)13(9-10)16(19-3)12-5-4-6-14(17)15(12)18/h4-9,16,19H,1-3H3. The third-order valence-corrected chi connectivity index (χ3v) is 3.33. The Balaban J connectivity index is 2.56. The van der Waals surface area contributed by atoms with Crippen molar-refractivity contribution < 1.29 is 8.78 Å². The minimum absolute atomic E-state index is 0.330. The molecule has 0 spiro atoms. The molecule has 0 saturated carbocycles. The van der Waals surface area contributed by atoms with Gasteiger partial charge in [0.1, 0.15) is 0 Å². The van der Waals surface area contributed by atoms with Gasteiger partial charge in [-0.3, -0.25) is 0 Å². The molecule has 1 nitrogen and oxygen atoms in total. The van der Waals surface area contributed by atoms with Crippen LogP contribution < -0.4 is 5.32 Å². The summed E-state index contributed by atoms with van der Waals surface area (Å²) in [7, 11) is 1.75. The van der Waals surface area contributed by atoms with E-state index in [1.165, 1.54) is 6.07 Å². The molecule has 0 bridgehead atoms. The molecule has 1 unspecified atom stereocenters. The van der Waals surface area contributed by atoms with E-state index in [1.54, 1.807) is 13.1 Å². The van der Waals surface area contributed by atoms with Gasteiger partial charge in [-0.1, -0.05) is 35.9 Å². The average molecular weight is 261 g/mol. The molecule has 0 aliphatic heterocycles. The van der Waals surface area contributed by atoms with Gasteiger partial charge < -0.3 is 5.32 Å². The molecule has 0 saturated heterocycles. The second kappa shape index (κ2) is 5.49. The molecule has 2 aromatic rings. The molecule has 0 aliphatic carbocycles. The van der Waals surface area contributed by atoms with E-state index in [1.807, 2.05) is 32.0 Å². The Morgan fingerprint density at radius 2 is 1.74 bits per heavy atom. The predicted molar refractivity (Wildman–Crippen MR) is 73.2 cm³/mol. The summed E-state index contributed by atoms with van der Waals surface area (Å²) in [4.78, 5) is 0. The van der Waals surface area contributed by atoms with Crippen molar-refractivity contribution in [3.05, 3.63) is 70.3 Å². The summed E-state index contributed by atoms with van der Waals surface area (Å²) in [6.45, 7) is 3.95. The number of aryl methyl sites for hydroxylation is 2. The highest BCUT2D eigenvalue weighted by atomic mass is 19.2. The molecule has 0 heterocycles. The van der Waals surface area contributed by atoms with Crippen molar-refractivity contribution in [2.75, 3.05) is 7.05 Å². The Kier molecular flexibility index (Phi) is 3.96. The van der Waals surface area contributed by atoms with Crippen molar-refractivity contribution in [3.8, 4) is 0 Å². The Bertz CT molecular complexity index is 591. The summed E-state index contributed by atoms with van der Waals surface area (Å²) in [5, 5.41) is 3.06. The number of hydrogen-bond acceptors (Lipinski definition) is 1. The lowest BCUT2D eigenvalue weighted by Crippen LogP contribution is -2.20. The van der Waals surface area contributed by atoms with Gasteiger partial charge >= 0.3 is 0 Å². The molecule has 3 heteroatoms. The number of rotatable bonds is 3. The lowest BCUT2D eigenvalue weighted by atomic mass is 9.93. The quantitative estimate of drug-likeness (QED) is 0.883. The van der Waals surface area contributed by atoms with Crippen LogP contribution in [0.3, 0.4) is 0 Å². The van der Waals surface area contributed by atoms with E-state index in [0.29, 0.717) is 5.56 Å². The lowest BCUT2D eigenvalue weighted by molar-refractivity contribution is 0.487. The van der Waals surface area contributed by atoms with Gasteiger partial charge in [-0.2, -0.15) is 0 Å². The van der Waals surface area contributed by atoms with E-state index in [0.717, 1.165) is 22.8 Å². The Morgan fingerprint density at radius 3 is 2.42 bits per heavy atom. The maximum absolute atomic E-state index is 13.9. The van der Waals surface area contributed by atoms with Gasteiger partial charge in [-0.15, -0.1) is 0 Å².